The lowest BCUT2D eigenvalue weighted by atomic mass is 9.88. The zero-order valence-corrected chi connectivity index (χ0v) is 12.8. The number of aromatic nitrogens is 2. The summed E-state index contributed by atoms with van der Waals surface area (Å²) in [6, 6.07) is 5.91. The predicted molar refractivity (Wildman–Crippen MR) is 78.4 cm³/mol. The fourth-order valence-electron chi connectivity index (χ4n) is 2.61. The van der Waals surface area contributed by atoms with Crippen LogP contribution in [0.3, 0.4) is 0 Å². The molecule has 1 aromatic heterocycles. The summed E-state index contributed by atoms with van der Waals surface area (Å²) < 4.78 is 6.34. The van der Waals surface area contributed by atoms with Gasteiger partial charge in [0.1, 0.15) is 5.78 Å². The Morgan fingerprint density at radius 1 is 1.35 bits per heavy atom. The van der Waals surface area contributed by atoms with E-state index in [9.17, 15) is 4.79 Å². The molecular weight excluding hydrogens is 320 g/mol. The Hall–Kier alpha value is -1.49. The Kier molecular flexibility index (Phi) is 3.70. The number of Topliss-reactive ketones (excluding diaryl/α,β-unsaturated/α-hetero) is 1. The smallest absolute Gasteiger partial charge is 0.237 e. The molecule has 1 aliphatic carbocycles. The van der Waals surface area contributed by atoms with E-state index < -0.39 is 0 Å². The van der Waals surface area contributed by atoms with E-state index in [1.807, 2.05) is 25.1 Å². The van der Waals surface area contributed by atoms with Crippen LogP contribution >= 0.6 is 15.9 Å². The average Bonchev–Trinajstić information content (AvgIpc) is 2.88. The van der Waals surface area contributed by atoms with Crippen molar-refractivity contribution in [3.63, 3.8) is 0 Å². The Labute approximate surface area is 125 Å². The van der Waals surface area contributed by atoms with Gasteiger partial charge in [-0.3, -0.25) is 4.79 Å². The van der Waals surface area contributed by atoms with E-state index in [4.69, 9.17) is 4.52 Å². The van der Waals surface area contributed by atoms with E-state index in [-0.39, 0.29) is 11.7 Å². The molecular formula is C15H15BrN2O2. The van der Waals surface area contributed by atoms with E-state index in [1.54, 1.807) is 0 Å². The Morgan fingerprint density at radius 3 is 2.95 bits per heavy atom. The Balaban J connectivity index is 1.91. The molecule has 0 bridgehead atoms. The van der Waals surface area contributed by atoms with Crippen molar-refractivity contribution in [1.29, 1.82) is 0 Å². The van der Waals surface area contributed by atoms with Gasteiger partial charge >= 0.3 is 0 Å². The van der Waals surface area contributed by atoms with Crippen molar-refractivity contribution in [1.82, 2.24) is 10.1 Å². The zero-order chi connectivity index (χ0) is 14.1. The van der Waals surface area contributed by atoms with Crippen molar-refractivity contribution in [3.8, 4) is 11.4 Å². The third-order valence-electron chi connectivity index (χ3n) is 3.72. The molecule has 104 valence electrons. The van der Waals surface area contributed by atoms with Crippen LogP contribution in [-0.2, 0) is 4.79 Å². The van der Waals surface area contributed by atoms with Gasteiger partial charge in [0.25, 0.3) is 0 Å². The van der Waals surface area contributed by atoms with Gasteiger partial charge in [-0.1, -0.05) is 27.5 Å². The molecule has 0 N–H and O–H groups in total. The number of nitrogens with zero attached hydrogens (tertiary/aromatic N) is 2. The molecule has 0 aliphatic heterocycles. The van der Waals surface area contributed by atoms with Crippen LogP contribution in [0.1, 0.15) is 43.1 Å². The van der Waals surface area contributed by atoms with E-state index in [2.05, 4.69) is 26.1 Å². The van der Waals surface area contributed by atoms with Crippen LogP contribution < -0.4 is 0 Å². The van der Waals surface area contributed by atoms with Gasteiger partial charge in [0, 0.05) is 16.5 Å². The maximum Gasteiger partial charge on any atom is 0.237 e. The molecule has 3 rings (SSSR count). The number of halogens is 1. The third-order valence-corrected chi connectivity index (χ3v) is 4.22. The molecule has 1 aromatic carbocycles. The summed E-state index contributed by atoms with van der Waals surface area (Å²) in [5.41, 5.74) is 2.01. The SMILES string of the molecule is Cc1cc(Br)ccc1-c1noc(C2CCCCC2=O)n1. The molecule has 2 aromatic rings. The second-order valence-corrected chi connectivity index (χ2v) is 6.10. The molecule has 4 nitrogen and oxygen atoms in total. The van der Waals surface area contributed by atoms with Crippen LogP contribution in [0.25, 0.3) is 11.4 Å². The standard InChI is InChI=1S/C15H15BrN2O2/c1-9-8-10(16)6-7-11(9)14-17-15(20-18-14)12-4-2-3-5-13(12)19/h6-8,12H,2-5H2,1H3. The number of hydrogen-bond donors (Lipinski definition) is 0. The van der Waals surface area contributed by atoms with Crippen molar-refractivity contribution >= 4 is 21.7 Å². The highest BCUT2D eigenvalue weighted by Gasteiger charge is 2.29. The highest BCUT2D eigenvalue weighted by Crippen LogP contribution is 2.31. The molecule has 1 heterocycles. The fourth-order valence-corrected chi connectivity index (χ4v) is 3.08. The van der Waals surface area contributed by atoms with Crippen LogP contribution in [0.4, 0.5) is 0 Å². The first kappa shape index (κ1) is 13.5. The van der Waals surface area contributed by atoms with E-state index in [0.717, 1.165) is 34.9 Å². The lowest BCUT2D eigenvalue weighted by Gasteiger charge is -2.16. The minimum Gasteiger partial charge on any atom is -0.338 e. The third kappa shape index (κ3) is 2.54. The summed E-state index contributed by atoms with van der Waals surface area (Å²) in [6.45, 7) is 2.00. The molecule has 0 spiro atoms. The molecule has 1 fully saturated rings. The van der Waals surface area contributed by atoms with Gasteiger partial charge in [-0.15, -0.1) is 0 Å². The lowest BCUT2D eigenvalue weighted by Crippen LogP contribution is -2.17. The van der Waals surface area contributed by atoms with Gasteiger partial charge in [0.05, 0.1) is 5.92 Å². The monoisotopic (exact) mass is 334 g/mol. The Morgan fingerprint density at radius 2 is 2.20 bits per heavy atom. The molecule has 1 atom stereocenters. The first-order valence-electron chi connectivity index (χ1n) is 6.78. The molecule has 1 unspecified atom stereocenters. The van der Waals surface area contributed by atoms with E-state index in [1.165, 1.54) is 0 Å². The second kappa shape index (κ2) is 5.48. The van der Waals surface area contributed by atoms with Gasteiger partial charge in [0.15, 0.2) is 0 Å². The normalized spacial score (nSPS) is 19.3. The number of aryl methyl sites for hydroxylation is 1. The molecule has 5 heteroatoms. The van der Waals surface area contributed by atoms with Gasteiger partial charge in [-0.2, -0.15) is 4.98 Å². The van der Waals surface area contributed by atoms with Gasteiger partial charge < -0.3 is 4.52 Å². The zero-order valence-electron chi connectivity index (χ0n) is 11.2. The number of ketones is 1. The van der Waals surface area contributed by atoms with Gasteiger partial charge in [0.2, 0.25) is 11.7 Å². The number of carbonyl (C=O) groups is 1. The predicted octanol–water partition coefficient (Wildman–Crippen LogP) is 4.03. The molecule has 20 heavy (non-hydrogen) atoms. The number of carbonyl (C=O) groups excluding carboxylic acids is 1. The van der Waals surface area contributed by atoms with Crippen LogP contribution in [0.15, 0.2) is 27.2 Å². The summed E-state index contributed by atoms with van der Waals surface area (Å²) in [5.74, 6) is 1.04. The summed E-state index contributed by atoms with van der Waals surface area (Å²) in [4.78, 5) is 16.3. The highest BCUT2D eigenvalue weighted by molar-refractivity contribution is 9.10. The maximum atomic E-state index is 11.9. The topological polar surface area (TPSA) is 56.0 Å². The summed E-state index contributed by atoms with van der Waals surface area (Å²) >= 11 is 3.44. The number of benzene rings is 1. The van der Waals surface area contributed by atoms with Crippen molar-refractivity contribution in [2.45, 2.75) is 38.5 Å². The van der Waals surface area contributed by atoms with Crippen LogP contribution in [0.5, 0.6) is 0 Å². The summed E-state index contributed by atoms with van der Waals surface area (Å²) in [5, 5.41) is 4.03. The van der Waals surface area contributed by atoms with Crippen molar-refractivity contribution in [2.75, 3.05) is 0 Å². The van der Waals surface area contributed by atoms with Gasteiger partial charge in [-0.05, 0) is 43.5 Å². The van der Waals surface area contributed by atoms with E-state index in [0.29, 0.717) is 18.1 Å². The minimum absolute atomic E-state index is 0.208. The van der Waals surface area contributed by atoms with Crippen molar-refractivity contribution in [2.24, 2.45) is 0 Å². The minimum atomic E-state index is -0.208. The Bertz CT molecular complexity index is 651. The fraction of sp³-hybridized carbons (Fsp3) is 0.400. The van der Waals surface area contributed by atoms with Crippen molar-refractivity contribution in [3.05, 3.63) is 34.1 Å². The first-order valence-corrected chi connectivity index (χ1v) is 7.57. The lowest BCUT2D eigenvalue weighted by molar-refractivity contribution is -0.122. The molecule has 0 radical (unpaired) electrons. The first-order chi connectivity index (χ1) is 9.65. The number of hydrogen-bond acceptors (Lipinski definition) is 4. The number of rotatable bonds is 2. The molecule has 0 amide bonds. The quantitative estimate of drug-likeness (QED) is 0.831. The average molecular weight is 335 g/mol. The van der Waals surface area contributed by atoms with Gasteiger partial charge in [-0.25, -0.2) is 0 Å². The largest absolute Gasteiger partial charge is 0.338 e. The summed E-state index contributed by atoms with van der Waals surface area (Å²) in [6.07, 6.45) is 3.47. The maximum absolute atomic E-state index is 11.9. The van der Waals surface area contributed by atoms with Crippen LogP contribution in [0.2, 0.25) is 0 Å². The highest BCUT2D eigenvalue weighted by atomic mass is 79.9. The summed E-state index contributed by atoms with van der Waals surface area (Å²) in [7, 11) is 0. The van der Waals surface area contributed by atoms with E-state index >= 15 is 0 Å². The van der Waals surface area contributed by atoms with Crippen molar-refractivity contribution < 1.29 is 9.32 Å². The molecule has 1 aliphatic rings. The second-order valence-electron chi connectivity index (χ2n) is 5.18. The van der Waals surface area contributed by atoms with Crippen LogP contribution in [-0.4, -0.2) is 15.9 Å². The molecule has 0 saturated heterocycles. The van der Waals surface area contributed by atoms with Crippen LogP contribution in [0, 0.1) is 6.92 Å². The molecule has 1 saturated carbocycles.